The molecule has 2 aromatic heterocycles. The molecule has 0 saturated heterocycles. The number of alkyl halides is 1. The number of hydrogen-bond acceptors (Lipinski definition) is 4. The highest BCUT2D eigenvalue weighted by atomic mass is 35.5. The second-order valence-electron chi connectivity index (χ2n) is 4.43. The average molecular weight is 306 g/mol. The Balaban J connectivity index is 2.18. The molecule has 0 aliphatic rings. The summed E-state index contributed by atoms with van der Waals surface area (Å²) in [4.78, 5) is 21.4. The van der Waals surface area contributed by atoms with Gasteiger partial charge in [-0.2, -0.15) is 0 Å². The van der Waals surface area contributed by atoms with Crippen LogP contribution in [0.2, 0.25) is 0 Å². The summed E-state index contributed by atoms with van der Waals surface area (Å²) >= 11 is 7.50. The summed E-state index contributed by atoms with van der Waals surface area (Å²) in [5, 5.41) is 3.54. The third kappa shape index (κ3) is 2.34. The first-order valence-electron chi connectivity index (χ1n) is 6.14. The molecule has 0 bridgehead atoms. The van der Waals surface area contributed by atoms with Crippen LogP contribution in [0.5, 0.6) is 0 Å². The summed E-state index contributed by atoms with van der Waals surface area (Å²) in [6.45, 7) is 2.35. The molecular weight excluding hydrogens is 294 g/mol. The number of hydrogen-bond donors (Lipinski definition) is 0. The fourth-order valence-corrected chi connectivity index (χ4v) is 2.93. The molecular formula is C14H12ClN3OS. The van der Waals surface area contributed by atoms with E-state index in [0.717, 1.165) is 10.7 Å². The number of fused-ring (bicyclic) bond motifs is 1. The molecule has 0 spiro atoms. The SMILES string of the molecule is Cc1nc(Cn2c(CCl)nc3ccccc3c2=O)cs1. The third-order valence-corrected chi connectivity index (χ3v) is 4.11. The summed E-state index contributed by atoms with van der Waals surface area (Å²) < 4.78 is 1.60. The van der Waals surface area contributed by atoms with Crippen LogP contribution in [0.25, 0.3) is 10.9 Å². The van der Waals surface area contributed by atoms with E-state index in [-0.39, 0.29) is 11.4 Å². The molecule has 0 aliphatic heterocycles. The summed E-state index contributed by atoms with van der Waals surface area (Å²) in [6, 6.07) is 7.31. The lowest BCUT2D eigenvalue weighted by molar-refractivity contribution is 0.694. The van der Waals surface area contributed by atoms with Crippen molar-refractivity contribution in [1.29, 1.82) is 0 Å². The molecule has 6 heteroatoms. The fraction of sp³-hybridized carbons (Fsp3) is 0.214. The van der Waals surface area contributed by atoms with Crippen LogP contribution >= 0.6 is 22.9 Å². The van der Waals surface area contributed by atoms with Crippen LogP contribution in [0.1, 0.15) is 16.5 Å². The van der Waals surface area contributed by atoms with Gasteiger partial charge >= 0.3 is 0 Å². The molecule has 4 nitrogen and oxygen atoms in total. The predicted molar refractivity (Wildman–Crippen MR) is 81.5 cm³/mol. The normalized spacial score (nSPS) is 11.1. The van der Waals surface area contributed by atoms with Gasteiger partial charge in [-0.05, 0) is 19.1 Å². The first kappa shape index (κ1) is 13.3. The van der Waals surface area contributed by atoms with E-state index >= 15 is 0 Å². The van der Waals surface area contributed by atoms with Crippen LogP contribution in [0.15, 0.2) is 34.4 Å². The Bertz CT molecular complexity index is 825. The van der Waals surface area contributed by atoms with Gasteiger partial charge in [0.05, 0.1) is 34.0 Å². The van der Waals surface area contributed by atoms with Crippen LogP contribution in [-0.4, -0.2) is 14.5 Å². The first-order valence-corrected chi connectivity index (χ1v) is 7.56. The number of rotatable bonds is 3. The predicted octanol–water partition coefficient (Wildman–Crippen LogP) is 2.95. The second-order valence-corrected chi connectivity index (χ2v) is 5.76. The van der Waals surface area contributed by atoms with Crippen molar-refractivity contribution in [3.8, 4) is 0 Å². The Morgan fingerprint density at radius 1 is 1.30 bits per heavy atom. The average Bonchev–Trinajstić information content (AvgIpc) is 2.87. The largest absolute Gasteiger partial charge is 0.289 e. The molecule has 3 rings (SSSR count). The molecule has 0 amide bonds. The van der Waals surface area contributed by atoms with Crippen LogP contribution in [-0.2, 0) is 12.4 Å². The number of para-hydroxylation sites is 1. The van der Waals surface area contributed by atoms with Gasteiger partial charge in [0.1, 0.15) is 5.82 Å². The Kier molecular flexibility index (Phi) is 3.54. The van der Waals surface area contributed by atoms with Crippen molar-refractivity contribution in [2.75, 3.05) is 0 Å². The van der Waals surface area contributed by atoms with Crippen LogP contribution in [0, 0.1) is 6.92 Å². The third-order valence-electron chi connectivity index (χ3n) is 3.05. The molecule has 0 aliphatic carbocycles. The van der Waals surface area contributed by atoms with Gasteiger partial charge in [-0.3, -0.25) is 9.36 Å². The van der Waals surface area contributed by atoms with Crippen molar-refractivity contribution in [2.45, 2.75) is 19.3 Å². The zero-order valence-electron chi connectivity index (χ0n) is 10.8. The molecule has 2 heterocycles. The minimum atomic E-state index is -0.0723. The van der Waals surface area contributed by atoms with Crippen LogP contribution in [0.4, 0.5) is 0 Å². The zero-order valence-corrected chi connectivity index (χ0v) is 12.4. The van der Waals surface area contributed by atoms with E-state index in [2.05, 4.69) is 9.97 Å². The molecule has 1 aromatic carbocycles. The smallest absolute Gasteiger partial charge is 0.261 e. The molecule has 0 fully saturated rings. The summed E-state index contributed by atoms with van der Waals surface area (Å²) in [6.07, 6.45) is 0. The molecule has 3 aromatic rings. The van der Waals surface area contributed by atoms with E-state index in [1.165, 1.54) is 0 Å². The molecule has 0 radical (unpaired) electrons. The lowest BCUT2D eigenvalue weighted by atomic mass is 10.2. The van der Waals surface area contributed by atoms with Gasteiger partial charge in [-0.1, -0.05) is 12.1 Å². The van der Waals surface area contributed by atoms with E-state index in [0.29, 0.717) is 23.3 Å². The zero-order chi connectivity index (χ0) is 14.1. The van der Waals surface area contributed by atoms with E-state index in [1.807, 2.05) is 30.5 Å². The minimum absolute atomic E-state index is 0.0723. The lowest BCUT2D eigenvalue weighted by Gasteiger charge is -2.10. The number of thiazole rings is 1. The number of halogens is 1. The Morgan fingerprint density at radius 3 is 2.80 bits per heavy atom. The maximum atomic E-state index is 12.6. The lowest BCUT2D eigenvalue weighted by Crippen LogP contribution is -2.25. The van der Waals surface area contributed by atoms with Crippen LogP contribution in [0.3, 0.4) is 0 Å². The van der Waals surface area contributed by atoms with Crippen molar-refractivity contribution in [2.24, 2.45) is 0 Å². The van der Waals surface area contributed by atoms with Gasteiger partial charge in [-0.25, -0.2) is 9.97 Å². The van der Waals surface area contributed by atoms with Gasteiger partial charge in [0.25, 0.3) is 5.56 Å². The van der Waals surface area contributed by atoms with Crippen molar-refractivity contribution in [3.63, 3.8) is 0 Å². The van der Waals surface area contributed by atoms with E-state index in [9.17, 15) is 4.79 Å². The van der Waals surface area contributed by atoms with Gasteiger partial charge < -0.3 is 0 Å². The number of nitrogens with zero attached hydrogens (tertiary/aromatic N) is 3. The number of aromatic nitrogens is 3. The van der Waals surface area contributed by atoms with Gasteiger partial charge in [0.15, 0.2) is 0 Å². The van der Waals surface area contributed by atoms with Crippen molar-refractivity contribution >= 4 is 33.8 Å². The van der Waals surface area contributed by atoms with Crippen molar-refractivity contribution in [3.05, 3.63) is 56.5 Å². The maximum Gasteiger partial charge on any atom is 0.261 e. The monoisotopic (exact) mass is 305 g/mol. The Morgan fingerprint density at radius 2 is 2.10 bits per heavy atom. The van der Waals surface area contributed by atoms with Crippen molar-refractivity contribution < 1.29 is 0 Å². The summed E-state index contributed by atoms with van der Waals surface area (Å²) in [7, 11) is 0. The first-order chi connectivity index (χ1) is 9.69. The second kappa shape index (κ2) is 5.34. The summed E-state index contributed by atoms with van der Waals surface area (Å²) in [5.41, 5.74) is 1.47. The molecule has 0 N–H and O–H groups in total. The van der Waals surface area contributed by atoms with Gasteiger partial charge in [0.2, 0.25) is 0 Å². The van der Waals surface area contributed by atoms with E-state index in [4.69, 9.17) is 11.6 Å². The molecule has 102 valence electrons. The quantitative estimate of drug-likeness (QED) is 0.699. The highest BCUT2D eigenvalue weighted by molar-refractivity contribution is 7.09. The number of benzene rings is 1. The minimum Gasteiger partial charge on any atom is -0.289 e. The van der Waals surface area contributed by atoms with Gasteiger partial charge in [0, 0.05) is 5.38 Å². The fourth-order valence-electron chi connectivity index (χ4n) is 2.12. The molecule has 0 unspecified atom stereocenters. The molecule has 0 saturated carbocycles. The molecule has 20 heavy (non-hydrogen) atoms. The number of aryl methyl sites for hydroxylation is 1. The molecule has 0 atom stereocenters. The Labute approximate surface area is 124 Å². The highest BCUT2D eigenvalue weighted by Gasteiger charge is 2.11. The maximum absolute atomic E-state index is 12.6. The Hall–Kier alpha value is -1.72. The topological polar surface area (TPSA) is 47.8 Å². The van der Waals surface area contributed by atoms with Gasteiger partial charge in [-0.15, -0.1) is 22.9 Å². The van der Waals surface area contributed by atoms with E-state index in [1.54, 1.807) is 22.0 Å². The highest BCUT2D eigenvalue weighted by Crippen LogP contribution is 2.13. The van der Waals surface area contributed by atoms with E-state index < -0.39 is 0 Å². The summed E-state index contributed by atoms with van der Waals surface area (Å²) in [5.74, 6) is 0.768. The standard InChI is InChI=1S/C14H12ClN3OS/c1-9-16-10(8-20-9)7-18-13(6-15)17-12-5-3-2-4-11(12)14(18)19/h2-5,8H,6-7H2,1H3. The van der Waals surface area contributed by atoms with Crippen LogP contribution < -0.4 is 5.56 Å². The van der Waals surface area contributed by atoms with Crippen molar-refractivity contribution in [1.82, 2.24) is 14.5 Å².